The molecule has 47 heavy (non-hydrogen) atoms. The summed E-state index contributed by atoms with van der Waals surface area (Å²) in [5.74, 6) is -12.9. The maximum absolute atomic E-state index is 15.0. The van der Waals surface area contributed by atoms with Gasteiger partial charge in [-0.3, -0.25) is 33.8 Å². The molecule has 4 fully saturated rings. The summed E-state index contributed by atoms with van der Waals surface area (Å²) in [7, 11) is 4.66. The van der Waals surface area contributed by atoms with E-state index >= 15 is 13.2 Å². The summed E-state index contributed by atoms with van der Waals surface area (Å²) in [5, 5.41) is 22.9. The SMILES string of the molecule is CN(C)[C@@H]1C(=O)C(C(N)=O)C(=O)[C@@]2(O)C(=O)C3C(=O)c4c(O)cc(CN(C)[C@H]5CC6CCC5(C)C6(C)C)c(C(F)(F)F)c4C[C@H]3C[C@@H]12. The van der Waals surface area contributed by atoms with Crippen LogP contribution >= 0.6 is 0 Å². The largest absolute Gasteiger partial charge is 0.507 e. The zero-order valence-corrected chi connectivity index (χ0v) is 27.4. The Bertz CT molecular complexity index is 1620. The molecule has 9 atom stereocenters. The van der Waals surface area contributed by atoms with Crippen molar-refractivity contribution in [3.05, 3.63) is 28.3 Å². The third kappa shape index (κ3) is 4.37. The van der Waals surface area contributed by atoms with Gasteiger partial charge in [-0.2, -0.15) is 13.2 Å². The van der Waals surface area contributed by atoms with Gasteiger partial charge in [-0.15, -0.1) is 0 Å². The van der Waals surface area contributed by atoms with Crippen LogP contribution in [0.4, 0.5) is 13.2 Å². The number of rotatable bonds is 5. The average Bonchev–Trinajstić information content (AvgIpc) is 3.27. The van der Waals surface area contributed by atoms with E-state index < -0.39 is 99.4 Å². The van der Waals surface area contributed by atoms with Gasteiger partial charge in [-0.25, -0.2) is 0 Å². The Kier molecular flexibility index (Phi) is 7.48. The van der Waals surface area contributed by atoms with Gasteiger partial charge in [0.15, 0.2) is 34.7 Å². The number of aliphatic hydroxyl groups is 1. The van der Waals surface area contributed by atoms with Gasteiger partial charge < -0.3 is 15.9 Å². The molecule has 4 unspecified atom stereocenters. The minimum absolute atomic E-state index is 0.00346. The number of carbonyl (C=O) groups excluding carboxylic acids is 5. The highest BCUT2D eigenvalue weighted by Crippen LogP contribution is 2.66. The molecule has 5 aliphatic rings. The van der Waals surface area contributed by atoms with Crippen molar-refractivity contribution in [2.24, 2.45) is 46.2 Å². The fourth-order valence-corrected chi connectivity index (χ4v) is 10.4. The summed E-state index contributed by atoms with van der Waals surface area (Å²) in [6, 6.07) is -0.402. The van der Waals surface area contributed by atoms with Gasteiger partial charge in [-0.05, 0) is 93.1 Å². The highest BCUT2D eigenvalue weighted by atomic mass is 19.4. The molecule has 1 amide bonds. The number of benzene rings is 1. The lowest BCUT2D eigenvalue weighted by Crippen LogP contribution is -2.74. The van der Waals surface area contributed by atoms with E-state index in [2.05, 4.69) is 20.8 Å². The zero-order valence-electron chi connectivity index (χ0n) is 27.4. The summed E-state index contributed by atoms with van der Waals surface area (Å²) in [6.45, 7) is 6.47. The number of hydrogen-bond donors (Lipinski definition) is 3. The minimum atomic E-state index is -4.92. The summed E-state index contributed by atoms with van der Waals surface area (Å²) >= 11 is 0. The Labute approximate surface area is 270 Å². The second-order valence-corrected chi connectivity index (χ2v) is 15.6. The van der Waals surface area contributed by atoms with Gasteiger partial charge in [0.2, 0.25) is 5.91 Å². The number of primary amides is 1. The number of alkyl halides is 3. The van der Waals surface area contributed by atoms with Crippen LogP contribution in [0.2, 0.25) is 0 Å². The number of Topliss-reactive ketones (excluding diaryl/α,β-unsaturated/α-hetero) is 4. The van der Waals surface area contributed by atoms with Crippen molar-refractivity contribution in [3.63, 3.8) is 0 Å². The van der Waals surface area contributed by atoms with Crippen LogP contribution in [0.5, 0.6) is 5.75 Å². The van der Waals surface area contributed by atoms with Gasteiger partial charge in [0, 0.05) is 18.5 Å². The molecule has 10 nitrogen and oxygen atoms in total. The van der Waals surface area contributed by atoms with Gasteiger partial charge in [0.25, 0.3) is 0 Å². The lowest BCUT2D eigenvalue weighted by Gasteiger charge is -2.52. The number of amides is 1. The lowest BCUT2D eigenvalue weighted by atomic mass is 9.52. The number of ketones is 4. The fraction of sp³-hybridized carbons (Fsp3) is 0.676. The molecule has 0 heterocycles. The molecule has 0 spiro atoms. The normalized spacial score (nSPS) is 37.7. The first kappa shape index (κ1) is 33.7. The fourth-order valence-electron chi connectivity index (χ4n) is 10.4. The van der Waals surface area contributed by atoms with Crippen molar-refractivity contribution in [2.45, 2.75) is 83.3 Å². The molecule has 4 N–H and O–H groups in total. The van der Waals surface area contributed by atoms with Crippen LogP contribution in [0.3, 0.4) is 0 Å². The zero-order chi connectivity index (χ0) is 34.9. The van der Waals surface area contributed by atoms with Crippen molar-refractivity contribution in [1.29, 1.82) is 0 Å². The molecule has 256 valence electrons. The Morgan fingerprint density at radius 2 is 1.70 bits per heavy atom. The van der Waals surface area contributed by atoms with Crippen LogP contribution in [0, 0.1) is 40.4 Å². The maximum Gasteiger partial charge on any atom is 0.417 e. The third-order valence-electron chi connectivity index (χ3n) is 13.1. The van der Waals surface area contributed by atoms with E-state index in [-0.39, 0.29) is 35.4 Å². The number of hydrogen-bond acceptors (Lipinski definition) is 9. The maximum atomic E-state index is 15.0. The van der Waals surface area contributed by atoms with Crippen LogP contribution in [0.1, 0.15) is 73.5 Å². The first-order valence-corrected chi connectivity index (χ1v) is 16.1. The van der Waals surface area contributed by atoms with Gasteiger partial charge in [0.1, 0.15) is 5.75 Å². The van der Waals surface area contributed by atoms with Crippen LogP contribution in [0.15, 0.2) is 6.07 Å². The second kappa shape index (κ2) is 10.4. The van der Waals surface area contributed by atoms with Crippen LogP contribution in [-0.2, 0) is 38.3 Å². The number of fused-ring (bicyclic) bond motifs is 5. The molecule has 4 saturated carbocycles. The molecular formula is C34H42F3N3O7. The molecule has 0 radical (unpaired) electrons. The summed E-state index contributed by atoms with van der Waals surface area (Å²) < 4.78 is 45.1. The van der Waals surface area contributed by atoms with Crippen LogP contribution in [0.25, 0.3) is 0 Å². The molecule has 5 aliphatic carbocycles. The van der Waals surface area contributed by atoms with E-state index in [1.54, 1.807) is 7.05 Å². The summed E-state index contributed by atoms with van der Waals surface area (Å²) in [4.78, 5) is 70.1. The van der Waals surface area contributed by atoms with Crippen LogP contribution < -0.4 is 5.73 Å². The van der Waals surface area contributed by atoms with Crippen molar-refractivity contribution in [1.82, 2.24) is 9.80 Å². The molecular weight excluding hydrogens is 619 g/mol. The monoisotopic (exact) mass is 661 g/mol. The predicted octanol–water partition coefficient (Wildman–Crippen LogP) is 2.53. The molecule has 0 saturated heterocycles. The number of aromatic hydroxyl groups is 1. The number of nitrogens with zero attached hydrogens (tertiary/aromatic N) is 2. The van der Waals surface area contributed by atoms with Gasteiger partial charge in [0.05, 0.1) is 23.1 Å². The van der Waals surface area contributed by atoms with Crippen LogP contribution in [-0.4, -0.2) is 87.9 Å². The van der Waals surface area contributed by atoms with E-state index in [0.29, 0.717) is 5.92 Å². The van der Waals surface area contributed by atoms with Gasteiger partial charge in [-0.1, -0.05) is 20.8 Å². The number of phenols is 1. The van der Waals surface area contributed by atoms with E-state index in [0.717, 1.165) is 25.3 Å². The smallest absolute Gasteiger partial charge is 0.417 e. The van der Waals surface area contributed by atoms with Crippen molar-refractivity contribution in [2.75, 3.05) is 21.1 Å². The first-order valence-electron chi connectivity index (χ1n) is 16.1. The Morgan fingerprint density at radius 1 is 1.06 bits per heavy atom. The van der Waals surface area contributed by atoms with Crippen molar-refractivity contribution >= 4 is 29.0 Å². The molecule has 1 aromatic carbocycles. The number of likely N-dealkylation sites (N-methyl/N-ethyl adjacent to an activating group) is 1. The third-order valence-corrected chi connectivity index (χ3v) is 13.1. The van der Waals surface area contributed by atoms with E-state index in [1.165, 1.54) is 19.0 Å². The Morgan fingerprint density at radius 3 is 2.21 bits per heavy atom. The molecule has 1 aromatic rings. The van der Waals surface area contributed by atoms with Crippen molar-refractivity contribution < 1.29 is 47.4 Å². The van der Waals surface area contributed by atoms with Gasteiger partial charge >= 0.3 is 6.18 Å². The topological polar surface area (TPSA) is 158 Å². The molecule has 2 bridgehead atoms. The summed E-state index contributed by atoms with van der Waals surface area (Å²) in [6.07, 6.45) is -2.84. The molecule has 0 aromatic heterocycles. The molecule has 0 aliphatic heterocycles. The van der Waals surface area contributed by atoms with E-state index in [9.17, 15) is 34.2 Å². The standard InChI is InChI=1S/C34H42F3N3O7/c1-31(2)16-7-8-32(31,3)20(12-16)40(6)13-15-11-19(41)22-17(24(15)34(35,36)37)9-14-10-18-25(39(4)5)27(43)23(30(38)46)29(45)33(18,47)28(44)21(14)26(22)42/h11,14,16,18,20-21,23,25,41,47H,7-10,12-13H2,1-6H3,(H2,38,46)/t14-,16?,18-,20-,21?,23?,25-,32?,33-/m0/s1. The Hall–Kier alpha value is -3.16. The first-order chi connectivity index (χ1) is 21.6. The van der Waals surface area contributed by atoms with Crippen molar-refractivity contribution in [3.8, 4) is 5.75 Å². The highest BCUT2D eigenvalue weighted by Gasteiger charge is 2.69. The molecule has 13 heteroatoms. The average molecular weight is 662 g/mol. The molecule has 6 rings (SSSR count). The number of nitrogens with two attached hydrogens (primary N) is 1. The summed E-state index contributed by atoms with van der Waals surface area (Å²) in [5.41, 5.74) is -0.0586. The Balaban J connectivity index is 1.43. The minimum Gasteiger partial charge on any atom is -0.507 e. The second-order valence-electron chi connectivity index (χ2n) is 15.6. The lowest BCUT2D eigenvalue weighted by molar-refractivity contribution is -0.181. The number of halogens is 3. The van der Waals surface area contributed by atoms with E-state index in [4.69, 9.17) is 5.73 Å². The highest BCUT2D eigenvalue weighted by molar-refractivity contribution is 6.32. The number of carbonyl (C=O) groups is 5. The number of phenolic OH excluding ortho intramolecular Hbond substituents is 1. The quantitative estimate of drug-likeness (QED) is 0.404. The van der Waals surface area contributed by atoms with E-state index in [1.807, 2.05) is 4.90 Å². The predicted molar refractivity (Wildman–Crippen MR) is 161 cm³/mol.